The summed E-state index contributed by atoms with van der Waals surface area (Å²) in [6.07, 6.45) is 12.9. The van der Waals surface area contributed by atoms with E-state index in [2.05, 4.69) is 22.9 Å². The Balaban J connectivity index is 1.36. The van der Waals surface area contributed by atoms with E-state index in [1.165, 1.54) is 18.7 Å². The van der Waals surface area contributed by atoms with Crippen LogP contribution in [-0.4, -0.2) is 32.6 Å². The molecule has 2 bridgehead atoms. The Bertz CT molecular complexity index is 710. The van der Waals surface area contributed by atoms with Crippen LogP contribution in [0.3, 0.4) is 0 Å². The third-order valence-electron chi connectivity index (χ3n) is 6.84. The lowest BCUT2D eigenvalue weighted by Gasteiger charge is -2.53. The Kier molecular flexibility index (Phi) is 6.26. The fourth-order valence-corrected chi connectivity index (χ4v) is 4.90. The first-order chi connectivity index (χ1) is 14.1. The lowest BCUT2D eigenvalue weighted by Crippen LogP contribution is -2.49. The lowest BCUT2D eigenvalue weighted by molar-refractivity contribution is -0.191. The number of benzene rings is 1. The quantitative estimate of drug-likeness (QED) is 0.482. The molecule has 1 atom stereocenters. The SMILES string of the molecule is COC(=O)/C=C/CCC12CCC(c3cccc(OC4CCCCO4)c3)(CC1)OC2. The van der Waals surface area contributed by atoms with Crippen LogP contribution >= 0.6 is 0 Å². The Morgan fingerprint density at radius 2 is 2.10 bits per heavy atom. The summed E-state index contributed by atoms with van der Waals surface area (Å²) in [5.41, 5.74) is 1.28. The summed E-state index contributed by atoms with van der Waals surface area (Å²) in [7, 11) is 1.41. The van der Waals surface area contributed by atoms with Crippen molar-refractivity contribution in [2.24, 2.45) is 5.41 Å². The normalized spacial score (nSPS) is 31.7. The van der Waals surface area contributed by atoms with Crippen LogP contribution in [0.2, 0.25) is 0 Å². The second-order valence-electron chi connectivity index (χ2n) is 8.69. The van der Waals surface area contributed by atoms with E-state index in [4.69, 9.17) is 14.2 Å². The first kappa shape index (κ1) is 20.4. The van der Waals surface area contributed by atoms with Gasteiger partial charge in [-0.25, -0.2) is 4.79 Å². The number of methoxy groups -OCH3 is 1. The van der Waals surface area contributed by atoms with Gasteiger partial charge in [0.2, 0.25) is 0 Å². The summed E-state index contributed by atoms with van der Waals surface area (Å²) in [4.78, 5) is 11.2. The van der Waals surface area contributed by atoms with Gasteiger partial charge >= 0.3 is 5.97 Å². The average molecular weight is 401 g/mol. The van der Waals surface area contributed by atoms with Crippen molar-refractivity contribution < 1.29 is 23.7 Å². The number of rotatable bonds is 7. The van der Waals surface area contributed by atoms with Gasteiger partial charge in [-0.15, -0.1) is 0 Å². The number of esters is 1. The summed E-state index contributed by atoms with van der Waals surface area (Å²) in [6, 6.07) is 8.41. The molecule has 5 nitrogen and oxygen atoms in total. The molecule has 4 fully saturated rings. The van der Waals surface area contributed by atoms with Crippen LogP contribution in [-0.2, 0) is 24.6 Å². The third-order valence-corrected chi connectivity index (χ3v) is 6.84. The van der Waals surface area contributed by atoms with E-state index < -0.39 is 0 Å². The summed E-state index contributed by atoms with van der Waals surface area (Å²) >= 11 is 0. The van der Waals surface area contributed by atoms with E-state index in [1.54, 1.807) is 0 Å². The van der Waals surface area contributed by atoms with Crippen molar-refractivity contribution in [2.45, 2.75) is 69.7 Å². The van der Waals surface area contributed by atoms with Crippen LogP contribution in [0.4, 0.5) is 0 Å². The number of carbonyl (C=O) groups is 1. The van der Waals surface area contributed by atoms with E-state index in [1.807, 2.05) is 12.1 Å². The van der Waals surface area contributed by atoms with Crippen molar-refractivity contribution in [2.75, 3.05) is 20.3 Å². The van der Waals surface area contributed by atoms with Crippen LogP contribution in [0.1, 0.15) is 63.4 Å². The molecule has 1 aliphatic carbocycles. The minimum absolute atomic E-state index is 0.124. The molecule has 5 heteroatoms. The highest BCUT2D eigenvalue weighted by molar-refractivity contribution is 5.81. The molecule has 0 N–H and O–H groups in total. The van der Waals surface area contributed by atoms with Crippen molar-refractivity contribution in [1.29, 1.82) is 0 Å². The van der Waals surface area contributed by atoms with Crippen molar-refractivity contribution in [3.63, 3.8) is 0 Å². The number of hydrogen-bond acceptors (Lipinski definition) is 5. The molecule has 5 rings (SSSR count). The number of carbonyl (C=O) groups excluding carboxylic acids is 1. The molecule has 0 amide bonds. The minimum Gasteiger partial charge on any atom is -0.466 e. The van der Waals surface area contributed by atoms with Crippen molar-refractivity contribution in [3.05, 3.63) is 42.0 Å². The predicted octanol–water partition coefficient (Wildman–Crippen LogP) is 4.89. The maximum absolute atomic E-state index is 11.2. The first-order valence-corrected chi connectivity index (χ1v) is 10.9. The fraction of sp³-hybridized carbons (Fsp3) is 0.625. The topological polar surface area (TPSA) is 54.0 Å². The van der Waals surface area contributed by atoms with Crippen molar-refractivity contribution >= 4 is 5.97 Å². The lowest BCUT2D eigenvalue weighted by atomic mass is 9.62. The monoisotopic (exact) mass is 400 g/mol. The molecule has 3 heterocycles. The highest BCUT2D eigenvalue weighted by Gasteiger charge is 2.50. The zero-order valence-corrected chi connectivity index (χ0v) is 17.4. The van der Waals surface area contributed by atoms with Gasteiger partial charge in [0.15, 0.2) is 6.29 Å². The predicted molar refractivity (Wildman–Crippen MR) is 110 cm³/mol. The second kappa shape index (κ2) is 8.88. The Labute approximate surface area is 173 Å². The number of ether oxygens (including phenoxy) is 4. The van der Waals surface area contributed by atoms with Gasteiger partial charge in [-0.2, -0.15) is 0 Å². The molecular weight excluding hydrogens is 368 g/mol. The van der Waals surface area contributed by atoms with Gasteiger partial charge in [0.1, 0.15) is 5.75 Å². The summed E-state index contributed by atoms with van der Waals surface area (Å²) in [5.74, 6) is 0.591. The fourth-order valence-electron chi connectivity index (χ4n) is 4.90. The molecule has 1 aromatic carbocycles. The van der Waals surface area contributed by atoms with E-state index in [0.29, 0.717) is 0 Å². The number of allylic oxidation sites excluding steroid dienone is 1. The highest BCUT2D eigenvalue weighted by atomic mass is 16.7. The Morgan fingerprint density at radius 1 is 1.24 bits per heavy atom. The molecular formula is C24H32O5. The summed E-state index contributed by atoms with van der Waals surface area (Å²) in [5, 5.41) is 0. The van der Waals surface area contributed by atoms with Gasteiger partial charge in [-0.3, -0.25) is 0 Å². The minimum atomic E-state index is -0.286. The molecule has 1 unspecified atom stereocenters. The van der Waals surface area contributed by atoms with E-state index >= 15 is 0 Å². The van der Waals surface area contributed by atoms with Gasteiger partial charge in [0.05, 0.1) is 25.9 Å². The standard InChI is InChI=1S/C24H32O5/c1-26-21(25)9-2-4-11-23-12-14-24(15-13-23,28-18-23)19-7-6-8-20(17-19)29-22-10-3-5-16-27-22/h2,6-9,17,22H,3-5,10-16,18H2,1H3/b9-2+. The van der Waals surface area contributed by atoms with Gasteiger partial charge < -0.3 is 18.9 Å². The third kappa shape index (κ3) is 4.67. The maximum Gasteiger partial charge on any atom is 0.330 e. The molecule has 0 aromatic heterocycles. The van der Waals surface area contributed by atoms with Gasteiger partial charge in [-0.1, -0.05) is 18.2 Å². The van der Waals surface area contributed by atoms with Crippen LogP contribution in [0.25, 0.3) is 0 Å². The van der Waals surface area contributed by atoms with Crippen molar-refractivity contribution in [1.82, 2.24) is 0 Å². The summed E-state index contributed by atoms with van der Waals surface area (Å²) < 4.78 is 22.9. The smallest absolute Gasteiger partial charge is 0.330 e. The summed E-state index contributed by atoms with van der Waals surface area (Å²) in [6.45, 7) is 1.57. The van der Waals surface area contributed by atoms with E-state index in [0.717, 1.165) is 76.8 Å². The Hall–Kier alpha value is -1.85. The molecule has 1 aromatic rings. The Morgan fingerprint density at radius 3 is 2.79 bits per heavy atom. The average Bonchev–Trinajstić information content (AvgIpc) is 2.79. The van der Waals surface area contributed by atoms with Crippen LogP contribution < -0.4 is 4.74 Å². The number of hydrogen-bond donors (Lipinski definition) is 0. The van der Waals surface area contributed by atoms with Crippen LogP contribution in [0, 0.1) is 5.41 Å². The first-order valence-electron chi connectivity index (χ1n) is 10.9. The highest BCUT2D eigenvalue weighted by Crippen LogP contribution is 2.55. The maximum atomic E-state index is 11.2. The zero-order valence-electron chi connectivity index (χ0n) is 17.4. The van der Waals surface area contributed by atoms with E-state index in [-0.39, 0.29) is 23.3 Å². The molecule has 158 valence electrons. The van der Waals surface area contributed by atoms with Crippen LogP contribution in [0.15, 0.2) is 36.4 Å². The van der Waals surface area contributed by atoms with Gasteiger partial charge in [0.25, 0.3) is 0 Å². The molecule has 29 heavy (non-hydrogen) atoms. The van der Waals surface area contributed by atoms with Crippen molar-refractivity contribution in [3.8, 4) is 5.75 Å². The van der Waals surface area contributed by atoms with Gasteiger partial charge in [-0.05, 0) is 74.5 Å². The van der Waals surface area contributed by atoms with Crippen LogP contribution in [0.5, 0.6) is 5.75 Å². The molecule has 3 saturated heterocycles. The molecule has 1 saturated carbocycles. The molecule has 3 aliphatic heterocycles. The van der Waals surface area contributed by atoms with E-state index in [9.17, 15) is 4.79 Å². The largest absolute Gasteiger partial charge is 0.466 e. The number of fused-ring (bicyclic) bond motifs is 3. The molecule has 4 aliphatic rings. The molecule has 0 radical (unpaired) electrons. The second-order valence-corrected chi connectivity index (χ2v) is 8.69. The zero-order chi connectivity index (χ0) is 20.2. The molecule has 0 spiro atoms. The van der Waals surface area contributed by atoms with Gasteiger partial charge in [0, 0.05) is 12.5 Å².